The molecule has 24 heavy (non-hydrogen) atoms. The van der Waals surface area contributed by atoms with Crippen LogP contribution in [0.4, 0.5) is 0 Å². The molecule has 3 rings (SSSR count). The van der Waals surface area contributed by atoms with Crippen LogP contribution in [0.3, 0.4) is 0 Å². The molecule has 1 atom stereocenters. The molecule has 1 aliphatic carbocycles. The van der Waals surface area contributed by atoms with Crippen molar-refractivity contribution in [1.82, 2.24) is 0 Å². The lowest BCUT2D eigenvalue weighted by atomic mass is 9.94. The van der Waals surface area contributed by atoms with Crippen molar-refractivity contribution < 1.29 is 15.0 Å². The molecular weight excluding hydrogens is 300 g/mol. The van der Waals surface area contributed by atoms with Gasteiger partial charge in [0.15, 0.2) is 0 Å². The van der Waals surface area contributed by atoms with Crippen LogP contribution < -0.4 is 0 Å². The molecular formula is C21H20O3. The number of benzene rings is 2. The lowest BCUT2D eigenvalue weighted by Crippen LogP contribution is -2.05. The normalized spacial score (nSPS) is 19.2. The quantitative estimate of drug-likeness (QED) is 0.505. The van der Waals surface area contributed by atoms with E-state index in [1.165, 1.54) is 0 Å². The van der Waals surface area contributed by atoms with Crippen LogP contribution in [0.2, 0.25) is 0 Å². The Morgan fingerprint density at radius 1 is 1.00 bits per heavy atom. The first-order valence-electron chi connectivity index (χ1n) is 8.11. The predicted molar refractivity (Wildman–Crippen MR) is 95.4 cm³/mol. The number of aliphatic hydroxyl groups excluding tert-OH is 1. The third-order valence-corrected chi connectivity index (χ3v) is 4.35. The molecule has 3 heteroatoms. The summed E-state index contributed by atoms with van der Waals surface area (Å²) in [7, 11) is 0. The van der Waals surface area contributed by atoms with Gasteiger partial charge >= 0.3 is 5.97 Å². The average Bonchev–Trinajstić information content (AvgIpc) is 2.74. The second-order valence-electron chi connectivity index (χ2n) is 5.97. The van der Waals surface area contributed by atoms with Crippen LogP contribution in [0, 0.1) is 0 Å². The van der Waals surface area contributed by atoms with Crippen LogP contribution in [-0.4, -0.2) is 16.2 Å². The highest BCUT2D eigenvalue weighted by Gasteiger charge is 2.22. The summed E-state index contributed by atoms with van der Waals surface area (Å²) in [5.74, 6) is -1.01. The van der Waals surface area contributed by atoms with E-state index in [1.807, 2.05) is 48.5 Å². The highest BCUT2D eigenvalue weighted by molar-refractivity contribution is 5.81. The van der Waals surface area contributed by atoms with Crippen molar-refractivity contribution in [2.24, 2.45) is 0 Å². The first-order valence-corrected chi connectivity index (χ1v) is 8.11. The summed E-state index contributed by atoms with van der Waals surface area (Å²) in [6.07, 6.45) is 6.69. The third kappa shape index (κ3) is 3.63. The Kier molecular flexibility index (Phi) is 4.92. The van der Waals surface area contributed by atoms with Crippen molar-refractivity contribution in [3.8, 4) is 0 Å². The van der Waals surface area contributed by atoms with E-state index in [2.05, 4.69) is 12.2 Å². The fraction of sp³-hybridized carbons (Fsp3) is 0.190. The molecule has 0 saturated carbocycles. The number of carboxylic acids is 1. The van der Waals surface area contributed by atoms with Crippen LogP contribution in [-0.2, 0) is 11.2 Å². The van der Waals surface area contributed by atoms with Gasteiger partial charge < -0.3 is 10.2 Å². The van der Waals surface area contributed by atoms with Crippen LogP contribution in [0.1, 0.15) is 41.2 Å². The average molecular weight is 320 g/mol. The second kappa shape index (κ2) is 7.28. The zero-order chi connectivity index (χ0) is 16.9. The molecule has 0 amide bonds. The minimum atomic E-state index is -1.01. The molecule has 0 spiro atoms. The van der Waals surface area contributed by atoms with E-state index >= 15 is 0 Å². The number of hydrogen-bond donors (Lipinski definition) is 2. The summed E-state index contributed by atoms with van der Waals surface area (Å²) in [6, 6.07) is 15.9. The summed E-state index contributed by atoms with van der Waals surface area (Å²) in [5.41, 5.74) is 4.69. The largest absolute Gasteiger partial charge is 0.478 e. The standard InChI is InChI=1S/C21H20O3/c22-20(23)14-17-9-5-10-18-16(8-4-11-19(18)21(17)24)13-12-15-6-2-1-3-7-15/h1-4,6-8,11-14,21,24H,5,9-10H2,(H,22,23)/b13-12+,17-14+. The Balaban J connectivity index is 1.97. The maximum Gasteiger partial charge on any atom is 0.328 e. The Hall–Kier alpha value is -2.65. The second-order valence-corrected chi connectivity index (χ2v) is 5.97. The fourth-order valence-electron chi connectivity index (χ4n) is 3.19. The first-order chi connectivity index (χ1) is 11.6. The van der Waals surface area contributed by atoms with E-state index in [-0.39, 0.29) is 0 Å². The van der Waals surface area contributed by atoms with Crippen molar-refractivity contribution in [2.75, 3.05) is 0 Å². The SMILES string of the molecule is O=C(O)/C=C1\CCCc2c(/C=C/c3ccccc3)cccc2C1O. The molecule has 0 saturated heterocycles. The summed E-state index contributed by atoms with van der Waals surface area (Å²) < 4.78 is 0. The van der Waals surface area contributed by atoms with Crippen LogP contribution >= 0.6 is 0 Å². The summed E-state index contributed by atoms with van der Waals surface area (Å²) in [4.78, 5) is 11.0. The van der Waals surface area contributed by atoms with E-state index in [1.54, 1.807) is 0 Å². The molecule has 0 aromatic heterocycles. The molecule has 2 N–H and O–H groups in total. The molecule has 122 valence electrons. The lowest BCUT2D eigenvalue weighted by Gasteiger charge is -2.15. The van der Waals surface area contributed by atoms with Gasteiger partial charge in [0.05, 0.1) is 0 Å². The van der Waals surface area contributed by atoms with E-state index in [0.717, 1.165) is 41.2 Å². The summed E-state index contributed by atoms with van der Waals surface area (Å²) in [5, 5.41) is 19.6. The number of fused-ring (bicyclic) bond motifs is 1. The third-order valence-electron chi connectivity index (χ3n) is 4.35. The topological polar surface area (TPSA) is 57.5 Å². The number of aliphatic hydroxyl groups is 1. The van der Waals surface area contributed by atoms with Crippen molar-refractivity contribution in [2.45, 2.75) is 25.4 Å². The zero-order valence-electron chi connectivity index (χ0n) is 13.4. The highest BCUT2D eigenvalue weighted by atomic mass is 16.4. The van der Waals surface area contributed by atoms with Crippen molar-refractivity contribution in [3.05, 3.63) is 82.4 Å². The van der Waals surface area contributed by atoms with Gasteiger partial charge in [0.25, 0.3) is 0 Å². The van der Waals surface area contributed by atoms with Gasteiger partial charge in [-0.25, -0.2) is 4.79 Å². The molecule has 0 bridgehead atoms. The van der Waals surface area contributed by atoms with Gasteiger partial charge in [0.1, 0.15) is 6.10 Å². The van der Waals surface area contributed by atoms with Crippen molar-refractivity contribution in [3.63, 3.8) is 0 Å². The van der Waals surface area contributed by atoms with Gasteiger partial charge in [-0.1, -0.05) is 60.7 Å². The van der Waals surface area contributed by atoms with Gasteiger partial charge in [-0.3, -0.25) is 0 Å². The monoisotopic (exact) mass is 320 g/mol. The molecule has 0 radical (unpaired) electrons. The molecule has 3 nitrogen and oxygen atoms in total. The van der Waals surface area contributed by atoms with Crippen molar-refractivity contribution in [1.29, 1.82) is 0 Å². The van der Waals surface area contributed by atoms with Gasteiger partial charge in [0.2, 0.25) is 0 Å². The minimum Gasteiger partial charge on any atom is -0.478 e. The zero-order valence-corrected chi connectivity index (χ0v) is 13.4. The minimum absolute atomic E-state index is 0.574. The number of carboxylic acid groups (broad SMARTS) is 1. The Morgan fingerprint density at radius 3 is 2.54 bits per heavy atom. The van der Waals surface area contributed by atoms with E-state index in [9.17, 15) is 9.90 Å². The van der Waals surface area contributed by atoms with Gasteiger partial charge in [-0.15, -0.1) is 0 Å². The van der Waals surface area contributed by atoms with E-state index < -0.39 is 12.1 Å². The van der Waals surface area contributed by atoms with Gasteiger partial charge in [-0.05, 0) is 47.1 Å². The molecule has 1 aliphatic rings. The van der Waals surface area contributed by atoms with Crippen molar-refractivity contribution >= 4 is 18.1 Å². The Labute approximate surface area is 141 Å². The summed E-state index contributed by atoms with van der Waals surface area (Å²) >= 11 is 0. The number of hydrogen-bond acceptors (Lipinski definition) is 2. The number of rotatable bonds is 3. The highest BCUT2D eigenvalue weighted by Crippen LogP contribution is 2.34. The van der Waals surface area contributed by atoms with Gasteiger partial charge in [-0.2, -0.15) is 0 Å². The van der Waals surface area contributed by atoms with E-state index in [4.69, 9.17) is 5.11 Å². The molecule has 2 aromatic carbocycles. The fourth-order valence-corrected chi connectivity index (χ4v) is 3.19. The van der Waals surface area contributed by atoms with Crippen LogP contribution in [0.25, 0.3) is 12.2 Å². The predicted octanol–water partition coefficient (Wildman–Crippen LogP) is 4.24. The number of carbonyl (C=O) groups is 1. The maximum atomic E-state index is 11.0. The Bertz CT molecular complexity index is 788. The molecule has 1 unspecified atom stereocenters. The molecule has 0 heterocycles. The van der Waals surface area contributed by atoms with E-state index in [0.29, 0.717) is 12.0 Å². The Morgan fingerprint density at radius 2 is 1.79 bits per heavy atom. The lowest BCUT2D eigenvalue weighted by molar-refractivity contribution is -0.131. The van der Waals surface area contributed by atoms with Crippen LogP contribution in [0.5, 0.6) is 0 Å². The molecule has 0 aliphatic heterocycles. The maximum absolute atomic E-state index is 11.0. The van der Waals surface area contributed by atoms with Crippen LogP contribution in [0.15, 0.2) is 60.2 Å². The first kappa shape index (κ1) is 16.2. The number of aliphatic carboxylic acids is 1. The molecule has 2 aromatic rings. The summed E-state index contributed by atoms with van der Waals surface area (Å²) in [6.45, 7) is 0. The molecule has 0 fully saturated rings. The smallest absolute Gasteiger partial charge is 0.328 e. The van der Waals surface area contributed by atoms with Gasteiger partial charge in [0, 0.05) is 6.08 Å².